The molecule has 0 amide bonds. The van der Waals surface area contributed by atoms with E-state index in [0.29, 0.717) is 17.9 Å². The van der Waals surface area contributed by atoms with Crippen LogP contribution in [0.2, 0.25) is 5.02 Å². The van der Waals surface area contributed by atoms with Gasteiger partial charge >= 0.3 is 5.97 Å². The number of hydrogen-bond acceptors (Lipinski definition) is 5. The monoisotopic (exact) mass is 464 g/mol. The first kappa shape index (κ1) is 23.3. The zero-order chi connectivity index (χ0) is 23.0. The predicted octanol–water partition coefficient (Wildman–Crippen LogP) is 4.91. The maximum Gasteiger partial charge on any atom is 0.341 e. The van der Waals surface area contributed by atoms with Gasteiger partial charge < -0.3 is 9.47 Å². The SMILES string of the molecule is COC(=O)c1ccccc1OCCN1CCN(C(c2ccccc2)c2ccc(Cl)cc2)CC1. The molecule has 1 aliphatic rings. The molecule has 0 bridgehead atoms. The van der Waals surface area contributed by atoms with E-state index in [9.17, 15) is 4.79 Å². The topological polar surface area (TPSA) is 42.0 Å². The van der Waals surface area contributed by atoms with E-state index in [2.05, 4.69) is 52.3 Å². The molecule has 1 unspecified atom stereocenters. The Hall–Kier alpha value is -2.86. The Bertz CT molecular complexity index is 1030. The molecule has 1 heterocycles. The molecule has 3 aromatic carbocycles. The van der Waals surface area contributed by atoms with Crippen molar-refractivity contribution in [3.63, 3.8) is 0 Å². The highest BCUT2D eigenvalue weighted by Gasteiger charge is 2.26. The molecule has 3 aromatic rings. The molecule has 1 atom stereocenters. The lowest BCUT2D eigenvalue weighted by molar-refractivity contribution is 0.0594. The minimum atomic E-state index is -0.381. The summed E-state index contributed by atoms with van der Waals surface area (Å²) < 4.78 is 10.8. The van der Waals surface area contributed by atoms with Crippen molar-refractivity contribution in [2.75, 3.05) is 46.4 Å². The van der Waals surface area contributed by atoms with Crippen LogP contribution in [0, 0.1) is 0 Å². The van der Waals surface area contributed by atoms with Crippen molar-refractivity contribution < 1.29 is 14.3 Å². The molecule has 4 rings (SSSR count). The van der Waals surface area contributed by atoms with Crippen molar-refractivity contribution in [2.45, 2.75) is 6.04 Å². The number of benzene rings is 3. The largest absolute Gasteiger partial charge is 0.491 e. The number of esters is 1. The molecule has 0 radical (unpaired) electrons. The molecule has 0 spiro atoms. The van der Waals surface area contributed by atoms with E-state index >= 15 is 0 Å². The van der Waals surface area contributed by atoms with Gasteiger partial charge in [-0.1, -0.05) is 66.2 Å². The molecule has 33 heavy (non-hydrogen) atoms. The van der Waals surface area contributed by atoms with Crippen molar-refractivity contribution >= 4 is 17.6 Å². The minimum Gasteiger partial charge on any atom is -0.491 e. The molecular formula is C27H29ClN2O3. The maximum absolute atomic E-state index is 11.9. The summed E-state index contributed by atoms with van der Waals surface area (Å²) in [5.41, 5.74) is 3.00. The molecule has 0 N–H and O–H groups in total. The van der Waals surface area contributed by atoms with E-state index in [4.69, 9.17) is 21.1 Å². The molecule has 1 aliphatic heterocycles. The lowest BCUT2D eigenvalue weighted by Crippen LogP contribution is -2.48. The van der Waals surface area contributed by atoms with Crippen LogP contribution >= 0.6 is 11.6 Å². The average molecular weight is 465 g/mol. The first-order chi connectivity index (χ1) is 16.2. The summed E-state index contributed by atoms with van der Waals surface area (Å²) >= 11 is 6.14. The second-order valence-corrected chi connectivity index (χ2v) is 8.52. The van der Waals surface area contributed by atoms with Crippen molar-refractivity contribution in [2.24, 2.45) is 0 Å². The number of halogens is 1. The molecular weight excluding hydrogens is 436 g/mol. The van der Waals surface area contributed by atoms with Crippen LogP contribution in [0.25, 0.3) is 0 Å². The number of carbonyl (C=O) groups excluding carboxylic acids is 1. The highest BCUT2D eigenvalue weighted by Crippen LogP contribution is 2.30. The lowest BCUT2D eigenvalue weighted by atomic mass is 9.96. The smallest absolute Gasteiger partial charge is 0.341 e. The standard InChI is InChI=1S/C27H29ClN2O3/c1-32-27(31)24-9-5-6-10-25(24)33-20-19-29-15-17-30(18-16-29)26(21-7-3-2-4-8-21)22-11-13-23(28)14-12-22/h2-14,26H,15-20H2,1H3. The van der Waals surface area contributed by atoms with E-state index in [-0.39, 0.29) is 12.0 Å². The zero-order valence-electron chi connectivity index (χ0n) is 18.8. The van der Waals surface area contributed by atoms with E-state index in [0.717, 1.165) is 37.7 Å². The van der Waals surface area contributed by atoms with Crippen molar-refractivity contribution in [1.82, 2.24) is 9.80 Å². The second kappa shape index (κ2) is 11.3. The van der Waals surface area contributed by atoms with Crippen LogP contribution in [0.15, 0.2) is 78.9 Å². The van der Waals surface area contributed by atoms with Crippen LogP contribution in [0.4, 0.5) is 0 Å². The van der Waals surface area contributed by atoms with Crippen LogP contribution in [-0.2, 0) is 4.74 Å². The van der Waals surface area contributed by atoms with Gasteiger partial charge in [0.15, 0.2) is 0 Å². The summed E-state index contributed by atoms with van der Waals surface area (Å²) in [7, 11) is 1.38. The Morgan fingerprint density at radius 2 is 1.52 bits per heavy atom. The summed E-state index contributed by atoms with van der Waals surface area (Å²) in [6.45, 7) is 5.16. The summed E-state index contributed by atoms with van der Waals surface area (Å²) in [6.07, 6.45) is 0. The van der Waals surface area contributed by atoms with E-state index < -0.39 is 0 Å². The average Bonchev–Trinajstić information content (AvgIpc) is 2.87. The highest BCUT2D eigenvalue weighted by molar-refractivity contribution is 6.30. The number of hydrogen-bond donors (Lipinski definition) is 0. The Labute approximate surface area is 200 Å². The van der Waals surface area contributed by atoms with E-state index in [1.165, 1.54) is 18.2 Å². The van der Waals surface area contributed by atoms with Crippen LogP contribution in [-0.4, -0.2) is 62.2 Å². The van der Waals surface area contributed by atoms with Gasteiger partial charge in [0.25, 0.3) is 0 Å². The lowest BCUT2D eigenvalue weighted by Gasteiger charge is -2.39. The Morgan fingerprint density at radius 1 is 0.879 bits per heavy atom. The first-order valence-corrected chi connectivity index (χ1v) is 11.6. The van der Waals surface area contributed by atoms with Crippen molar-refractivity contribution in [3.8, 4) is 5.75 Å². The third-order valence-electron chi connectivity index (χ3n) is 6.03. The summed E-state index contributed by atoms with van der Waals surface area (Å²) in [6, 6.07) is 26.2. The van der Waals surface area contributed by atoms with Gasteiger partial charge in [0.05, 0.1) is 13.2 Å². The Kier molecular flexibility index (Phi) is 8.00. The van der Waals surface area contributed by atoms with E-state index in [1.807, 2.05) is 24.3 Å². The van der Waals surface area contributed by atoms with Gasteiger partial charge in [0, 0.05) is 37.7 Å². The van der Waals surface area contributed by atoms with Crippen LogP contribution in [0.1, 0.15) is 27.5 Å². The number of methoxy groups -OCH3 is 1. The van der Waals surface area contributed by atoms with Crippen LogP contribution in [0.5, 0.6) is 5.75 Å². The number of ether oxygens (including phenoxy) is 2. The fourth-order valence-electron chi connectivity index (χ4n) is 4.30. The van der Waals surface area contributed by atoms with E-state index in [1.54, 1.807) is 12.1 Å². The second-order valence-electron chi connectivity index (χ2n) is 8.08. The third-order valence-corrected chi connectivity index (χ3v) is 6.28. The van der Waals surface area contributed by atoms with Crippen molar-refractivity contribution in [3.05, 3.63) is 101 Å². The van der Waals surface area contributed by atoms with Gasteiger partial charge in [-0.15, -0.1) is 0 Å². The molecule has 6 heteroatoms. The van der Waals surface area contributed by atoms with Gasteiger partial charge in [0.2, 0.25) is 0 Å². The maximum atomic E-state index is 11.9. The van der Waals surface area contributed by atoms with Gasteiger partial charge in [-0.25, -0.2) is 4.79 Å². The summed E-state index contributed by atoms with van der Waals surface area (Å²) in [5, 5.41) is 0.754. The van der Waals surface area contributed by atoms with Crippen LogP contribution in [0.3, 0.4) is 0 Å². The van der Waals surface area contributed by atoms with Gasteiger partial charge in [-0.05, 0) is 35.4 Å². The number of para-hydroxylation sites is 1. The third kappa shape index (κ3) is 5.93. The van der Waals surface area contributed by atoms with Gasteiger partial charge in [0.1, 0.15) is 17.9 Å². The quantitative estimate of drug-likeness (QED) is 0.443. The molecule has 5 nitrogen and oxygen atoms in total. The molecule has 0 aromatic heterocycles. The fourth-order valence-corrected chi connectivity index (χ4v) is 4.42. The Balaban J connectivity index is 1.35. The fraction of sp³-hybridized carbons (Fsp3) is 0.296. The normalized spacial score (nSPS) is 15.7. The summed E-state index contributed by atoms with van der Waals surface area (Å²) in [5.74, 6) is 0.184. The Morgan fingerprint density at radius 3 is 2.21 bits per heavy atom. The van der Waals surface area contributed by atoms with Crippen LogP contribution < -0.4 is 4.74 Å². The predicted molar refractivity (Wildman–Crippen MR) is 131 cm³/mol. The van der Waals surface area contributed by atoms with Gasteiger partial charge in [-0.3, -0.25) is 9.80 Å². The zero-order valence-corrected chi connectivity index (χ0v) is 19.6. The van der Waals surface area contributed by atoms with Crippen molar-refractivity contribution in [1.29, 1.82) is 0 Å². The number of rotatable bonds is 8. The molecule has 1 fully saturated rings. The highest BCUT2D eigenvalue weighted by atomic mass is 35.5. The minimum absolute atomic E-state index is 0.203. The molecule has 0 saturated carbocycles. The first-order valence-electron chi connectivity index (χ1n) is 11.2. The molecule has 0 aliphatic carbocycles. The number of carbonyl (C=O) groups is 1. The van der Waals surface area contributed by atoms with Gasteiger partial charge in [-0.2, -0.15) is 0 Å². The number of nitrogens with zero attached hydrogens (tertiary/aromatic N) is 2. The molecule has 1 saturated heterocycles. The summed E-state index contributed by atoms with van der Waals surface area (Å²) in [4.78, 5) is 16.9. The molecule has 172 valence electrons. The number of piperazine rings is 1.